The average molecular weight is 261 g/mol. The van der Waals surface area contributed by atoms with Crippen molar-refractivity contribution >= 4 is 11.6 Å². The normalized spacial score (nSPS) is 14.7. The molecular formula is C15H23N3O. The molecule has 0 spiro atoms. The minimum absolute atomic E-state index is 0.0644. The molecule has 1 aromatic rings. The lowest BCUT2D eigenvalue weighted by Crippen LogP contribution is -2.35. The van der Waals surface area contributed by atoms with Crippen LogP contribution in [-0.4, -0.2) is 29.9 Å². The number of carbonyl (C=O) groups excluding carboxylic acids is 1. The number of rotatable bonds is 7. The lowest BCUT2D eigenvalue weighted by atomic mass is 10.2. The minimum Gasteiger partial charge on any atom is -0.326 e. The first kappa shape index (κ1) is 14.0. The van der Waals surface area contributed by atoms with E-state index < -0.39 is 0 Å². The number of hydrogen-bond acceptors (Lipinski definition) is 3. The standard InChI is InChI=1S/C15H23N3O/c1-2-8-18(14-6-7-14)11-15(19)17-13-5-3-4-12(9-13)10-16/h3-5,9,14H,2,6-8,10-11,16H2,1H3,(H,17,19). The number of nitrogens with one attached hydrogen (secondary N) is 1. The van der Waals surface area contributed by atoms with Gasteiger partial charge in [0, 0.05) is 18.3 Å². The molecule has 19 heavy (non-hydrogen) atoms. The Hall–Kier alpha value is -1.39. The van der Waals surface area contributed by atoms with Crippen LogP contribution in [0.25, 0.3) is 0 Å². The molecule has 3 N–H and O–H groups in total. The molecule has 0 bridgehead atoms. The summed E-state index contributed by atoms with van der Waals surface area (Å²) in [5.41, 5.74) is 7.46. The monoisotopic (exact) mass is 261 g/mol. The van der Waals surface area contributed by atoms with Crippen LogP contribution in [0.3, 0.4) is 0 Å². The van der Waals surface area contributed by atoms with Crippen LogP contribution in [0, 0.1) is 0 Å². The molecule has 4 heteroatoms. The Morgan fingerprint density at radius 2 is 2.26 bits per heavy atom. The van der Waals surface area contributed by atoms with Crippen molar-refractivity contribution in [1.82, 2.24) is 4.90 Å². The molecule has 1 aliphatic rings. The first-order valence-corrected chi connectivity index (χ1v) is 7.06. The molecule has 4 nitrogen and oxygen atoms in total. The molecule has 0 radical (unpaired) electrons. The highest BCUT2D eigenvalue weighted by Crippen LogP contribution is 2.26. The lowest BCUT2D eigenvalue weighted by Gasteiger charge is -2.20. The highest BCUT2D eigenvalue weighted by atomic mass is 16.2. The maximum atomic E-state index is 12.0. The summed E-state index contributed by atoms with van der Waals surface area (Å²) in [6.07, 6.45) is 3.55. The molecule has 1 aliphatic carbocycles. The van der Waals surface area contributed by atoms with E-state index in [1.165, 1.54) is 12.8 Å². The van der Waals surface area contributed by atoms with Crippen LogP contribution >= 0.6 is 0 Å². The van der Waals surface area contributed by atoms with Crippen LogP contribution in [0.15, 0.2) is 24.3 Å². The average Bonchev–Trinajstić information content (AvgIpc) is 3.22. The van der Waals surface area contributed by atoms with Crippen molar-refractivity contribution in [3.05, 3.63) is 29.8 Å². The van der Waals surface area contributed by atoms with Gasteiger partial charge in [0.05, 0.1) is 6.54 Å². The fourth-order valence-electron chi connectivity index (χ4n) is 2.28. The smallest absolute Gasteiger partial charge is 0.238 e. The lowest BCUT2D eigenvalue weighted by molar-refractivity contribution is -0.117. The zero-order valence-electron chi connectivity index (χ0n) is 11.6. The van der Waals surface area contributed by atoms with E-state index in [1.807, 2.05) is 24.3 Å². The Bertz CT molecular complexity index is 429. The molecule has 1 fully saturated rings. The van der Waals surface area contributed by atoms with Crippen molar-refractivity contribution in [2.75, 3.05) is 18.4 Å². The van der Waals surface area contributed by atoms with Crippen LogP contribution in [0.4, 0.5) is 5.69 Å². The molecular weight excluding hydrogens is 238 g/mol. The second kappa shape index (κ2) is 6.68. The number of amides is 1. The van der Waals surface area contributed by atoms with Gasteiger partial charge in [-0.25, -0.2) is 0 Å². The van der Waals surface area contributed by atoms with Crippen LogP contribution in [0.2, 0.25) is 0 Å². The SMILES string of the molecule is CCCN(CC(=O)Nc1cccc(CN)c1)C1CC1. The predicted octanol–water partition coefficient (Wildman–Crippen LogP) is 1.96. The Kier molecular flexibility index (Phi) is 4.93. The van der Waals surface area contributed by atoms with E-state index in [0.717, 1.165) is 24.2 Å². The summed E-state index contributed by atoms with van der Waals surface area (Å²) in [6.45, 7) is 4.14. The summed E-state index contributed by atoms with van der Waals surface area (Å²) in [4.78, 5) is 14.3. The maximum Gasteiger partial charge on any atom is 0.238 e. The van der Waals surface area contributed by atoms with Crippen LogP contribution in [0.1, 0.15) is 31.7 Å². The molecule has 2 rings (SSSR count). The third kappa shape index (κ3) is 4.33. The van der Waals surface area contributed by atoms with Crippen molar-refractivity contribution in [1.29, 1.82) is 0 Å². The molecule has 0 unspecified atom stereocenters. The Labute approximate surface area is 115 Å². The zero-order chi connectivity index (χ0) is 13.7. The van der Waals surface area contributed by atoms with Gasteiger partial charge in [-0.1, -0.05) is 19.1 Å². The van der Waals surface area contributed by atoms with Gasteiger partial charge in [0.15, 0.2) is 0 Å². The molecule has 0 heterocycles. The molecule has 0 atom stereocenters. The summed E-state index contributed by atoms with van der Waals surface area (Å²) in [7, 11) is 0. The van der Waals surface area contributed by atoms with Gasteiger partial charge in [-0.05, 0) is 43.5 Å². The number of hydrogen-bond donors (Lipinski definition) is 2. The van der Waals surface area contributed by atoms with E-state index in [0.29, 0.717) is 19.1 Å². The molecule has 1 amide bonds. The first-order chi connectivity index (χ1) is 9.22. The van der Waals surface area contributed by atoms with Gasteiger partial charge in [0.2, 0.25) is 5.91 Å². The van der Waals surface area contributed by atoms with Gasteiger partial charge in [0.25, 0.3) is 0 Å². The van der Waals surface area contributed by atoms with Gasteiger partial charge in [-0.15, -0.1) is 0 Å². The molecule has 1 aromatic carbocycles. The van der Waals surface area contributed by atoms with E-state index in [1.54, 1.807) is 0 Å². The van der Waals surface area contributed by atoms with Crippen LogP contribution < -0.4 is 11.1 Å². The fourth-order valence-corrected chi connectivity index (χ4v) is 2.28. The molecule has 1 saturated carbocycles. The van der Waals surface area contributed by atoms with E-state index in [-0.39, 0.29) is 5.91 Å². The van der Waals surface area contributed by atoms with Gasteiger partial charge < -0.3 is 11.1 Å². The summed E-state index contributed by atoms with van der Waals surface area (Å²) in [5.74, 6) is 0.0644. The molecule has 104 valence electrons. The Morgan fingerprint density at radius 1 is 1.47 bits per heavy atom. The Balaban J connectivity index is 1.88. The summed E-state index contributed by atoms with van der Waals surface area (Å²) < 4.78 is 0. The Morgan fingerprint density at radius 3 is 2.89 bits per heavy atom. The van der Waals surface area contributed by atoms with E-state index in [4.69, 9.17) is 5.73 Å². The quantitative estimate of drug-likeness (QED) is 0.789. The van der Waals surface area contributed by atoms with Crippen LogP contribution in [0.5, 0.6) is 0 Å². The zero-order valence-corrected chi connectivity index (χ0v) is 11.6. The van der Waals surface area contributed by atoms with Crippen LogP contribution in [-0.2, 0) is 11.3 Å². The number of nitrogens with zero attached hydrogens (tertiary/aromatic N) is 1. The van der Waals surface area contributed by atoms with Crippen molar-refractivity contribution < 1.29 is 4.79 Å². The number of anilines is 1. The van der Waals surface area contributed by atoms with Gasteiger partial charge >= 0.3 is 0 Å². The fraction of sp³-hybridized carbons (Fsp3) is 0.533. The second-order valence-corrected chi connectivity index (χ2v) is 5.15. The summed E-state index contributed by atoms with van der Waals surface area (Å²) in [5, 5.41) is 2.95. The number of benzene rings is 1. The second-order valence-electron chi connectivity index (χ2n) is 5.15. The maximum absolute atomic E-state index is 12.0. The minimum atomic E-state index is 0.0644. The molecule has 0 aliphatic heterocycles. The van der Waals surface area contributed by atoms with Crippen molar-refractivity contribution in [2.45, 2.75) is 38.8 Å². The molecule has 0 aromatic heterocycles. The summed E-state index contributed by atoms with van der Waals surface area (Å²) >= 11 is 0. The third-order valence-electron chi connectivity index (χ3n) is 3.37. The molecule has 0 saturated heterocycles. The predicted molar refractivity (Wildman–Crippen MR) is 77.8 cm³/mol. The van der Waals surface area contributed by atoms with Gasteiger partial charge in [0.1, 0.15) is 0 Å². The van der Waals surface area contributed by atoms with E-state index >= 15 is 0 Å². The van der Waals surface area contributed by atoms with Gasteiger partial charge in [-0.3, -0.25) is 9.69 Å². The van der Waals surface area contributed by atoms with E-state index in [2.05, 4.69) is 17.1 Å². The van der Waals surface area contributed by atoms with Crippen molar-refractivity contribution in [3.63, 3.8) is 0 Å². The summed E-state index contributed by atoms with van der Waals surface area (Å²) in [6, 6.07) is 8.34. The first-order valence-electron chi connectivity index (χ1n) is 7.06. The van der Waals surface area contributed by atoms with Gasteiger partial charge in [-0.2, -0.15) is 0 Å². The number of nitrogens with two attached hydrogens (primary N) is 1. The van der Waals surface area contributed by atoms with E-state index in [9.17, 15) is 4.79 Å². The highest BCUT2D eigenvalue weighted by molar-refractivity contribution is 5.92. The number of carbonyl (C=O) groups is 1. The third-order valence-corrected chi connectivity index (χ3v) is 3.37. The largest absolute Gasteiger partial charge is 0.326 e. The topological polar surface area (TPSA) is 58.4 Å². The van der Waals surface area contributed by atoms with Crippen molar-refractivity contribution in [2.24, 2.45) is 5.73 Å². The highest BCUT2D eigenvalue weighted by Gasteiger charge is 2.29. The van der Waals surface area contributed by atoms with Crippen molar-refractivity contribution in [3.8, 4) is 0 Å².